The molecule has 4 rings (SSSR count). The quantitative estimate of drug-likeness (QED) is 0.581. The molecule has 7 heteroatoms. The Morgan fingerprint density at radius 1 is 1.19 bits per heavy atom. The number of halogens is 1. The molecule has 0 aliphatic heterocycles. The molecule has 6 nitrogen and oxygen atoms in total. The Hall–Kier alpha value is -3.74. The summed E-state index contributed by atoms with van der Waals surface area (Å²) >= 11 is 0. The second-order valence-electron chi connectivity index (χ2n) is 5.54. The summed E-state index contributed by atoms with van der Waals surface area (Å²) in [5.41, 5.74) is 2.27. The van der Waals surface area contributed by atoms with Crippen LogP contribution in [0.25, 0.3) is 23.1 Å². The van der Waals surface area contributed by atoms with E-state index in [-0.39, 0.29) is 17.5 Å². The van der Waals surface area contributed by atoms with E-state index in [4.69, 9.17) is 4.42 Å². The number of furan rings is 1. The van der Waals surface area contributed by atoms with Gasteiger partial charge in [0.15, 0.2) is 5.76 Å². The number of anilines is 1. The van der Waals surface area contributed by atoms with Crippen molar-refractivity contribution in [2.75, 3.05) is 5.32 Å². The maximum atomic E-state index is 13.0. The molecule has 0 radical (unpaired) electrons. The minimum Gasteiger partial charge on any atom is -0.459 e. The maximum absolute atomic E-state index is 13.0. The summed E-state index contributed by atoms with van der Waals surface area (Å²) in [6.07, 6.45) is 6.66. The third-order valence-corrected chi connectivity index (χ3v) is 3.77. The molecule has 0 aliphatic rings. The molecule has 0 spiro atoms. The minimum absolute atomic E-state index is 0.204. The van der Waals surface area contributed by atoms with E-state index in [1.165, 1.54) is 18.4 Å². The number of hydrogen-bond donors (Lipinski definition) is 2. The number of pyridine rings is 1. The van der Waals surface area contributed by atoms with E-state index in [2.05, 4.69) is 20.5 Å². The van der Waals surface area contributed by atoms with Crippen molar-refractivity contribution in [1.29, 1.82) is 0 Å². The van der Waals surface area contributed by atoms with Gasteiger partial charge in [0, 0.05) is 5.39 Å². The Morgan fingerprint density at radius 3 is 2.81 bits per heavy atom. The summed E-state index contributed by atoms with van der Waals surface area (Å²) in [5.74, 6) is -0.0728. The van der Waals surface area contributed by atoms with Crippen LogP contribution in [-0.4, -0.2) is 21.1 Å². The lowest BCUT2D eigenvalue weighted by Gasteiger charge is -2.02. The summed E-state index contributed by atoms with van der Waals surface area (Å²) in [7, 11) is 0. The number of aromatic nitrogens is 3. The highest BCUT2D eigenvalue weighted by Gasteiger charge is 2.11. The van der Waals surface area contributed by atoms with Gasteiger partial charge in [-0.05, 0) is 42.0 Å². The van der Waals surface area contributed by atoms with Gasteiger partial charge in [-0.15, -0.1) is 0 Å². The second kappa shape index (κ2) is 6.64. The third kappa shape index (κ3) is 3.23. The first kappa shape index (κ1) is 15.8. The van der Waals surface area contributed by atoms with Crippen molar-refractivity contribution in [2.24, 2.45) is 0 Å². The van der Waals surface area contributed by atoms with Crippen molar-refractivity contribution in [2.45, 2.75) is 0 Å². The number of carbonyl (C=O) groups is 1. The lowest BCUT2D eigenvalue weighted by molar-refractivity contribution is 0.0996. The number of aromatic amines is 1. The van der Waals surface area contributed by atoms with Crippen molar-refractivity contribution in [1.82, 2.24) is 15.2 Å². The Morgan fingerprint density at radius 2 is 2.04 bits per heavy atom. The van der Waals surface area contributed by atoms with Crippen LogP contribution in [-0.2, 0) is 0 Å². The van der Waals surface area contributed by atoms with Crippen molar-refractivity contribution >= 4 is 34.8 Å². The molecule has 3 heterocycles. The Kier molecular flexibility index (Phi) is 4.03. The van der Waals surface area contributed by atoms with Gasteiger partial charge in [0.25, 0.3) is 5.91 Å². The van der Waals surface area contributed by atoms with Gasteiger partial charge >= 0.3 is 0 Å². The number of rotatable bonds is 4. The third-order valence-electron chi connectivity index (χ3n) is 3.77. The number of amides is 1. The van der Waals surface area contributed by atoms with Crippen LogP contribution in [0, 0.1) is 5.82 Å². The number of fused-ring (bicyclic) bond motifs is 1. The fourth-order valence-corrected chi connectivity index (χ4v) is 2.47. The molecule has 1 aromatic carbocycles. The molecule has 0 atom stereocenters. The number of hydrogen-bond acceptors (Lipinski definition) is 4. The first-order valence-electron chi connectivity index (χ1n) is 7.82. The Balaban J connectivity index is 1.60. The van der Waals surface area contributed by atoms with Gasteiger partial charge in [0.1, 0.15) is 11.6 Å². The highest BCUT2D eigenvalue weighted by Crippen LogP contribution is 2.21. The van der Waals surface area contributed by atoms with Gasteiger partial charge in [-0.2, -0.15) is 5.10 Å². The van der Waals surface area contributed by atoms with Gasteiger partial charge in [-0.25, -0.2) is 9.37 Å². The molecule has 1 amide bonds. The van der Waals surface area contributed by atoms with Gasteiger partial charge in [-0.3, -0.25) is 9.89 Å². The number of carbonyl (C=O) groups excluding carboxylic acids is 1. The highest BCUT2D eigenvalue weighted by atomic mass is 19.1. The summed E-state index contributed by atoms with van der Waals surface area (Å²) < 4.78 is 18.0. The average Bonchev–Trinajstić information content (AvgIpc) is 3.31. The summed E-state index contributed by atoms with van der Waals surface area (Å²) in [5, 5.41) is 10.6. The monoisotopic (exact) mass is 348 g/mol. The van der Waals surface area contributed by atoms with Gasteiger partial charge in [0.2, 0.25) is 0 Å². The van der Waals surface area contributed by atoms with Crippen LogP contribution in [0.1, 0.15) is 21.8 Å². The Labute approximate surface area is 147 Å². The van der Waals surface area contributed by atoms with Crippen molar-refractivity contribution in [3.05, 3.63) is 77.8 Å². The second-order valence-corrected chi connectivity index (χ2v) is 5.54. The SMILES string of the molecule is O=C(Nc1cc2c(/C=C/c3ccc(F)cc3)n[nH]c2cn1)c1ccco1. The van der Waals surface area contributed by atoms with Crippen LogP contribution < -0.4 is 5.32 Å². The average molecular weight is 348 g/mol. The normalized spacial score (nSPS) is 11.3. The smallest absolute Gasteiger partial charge is 0.292 e. The maximum Gasteiger partial charge on any atom is 0.292 e. The molecular formula is C19H13FN4O2. The first-order valence-corrected chi connectivity index (χ1v) is 7.82. The summed E-state index contributed by atoms with van der Waals surface area (Å²) in [6, 6.07) is 11.1. The molecule has 0 saturated carbocycles. The van der Waals surface area contributed by atoms with E-state index in [1.807, 2.05) is 12.2 Å². The molecule has 2 N–H and O–H groups in total. The zero-order valence-electron chi connectivity index (χ0n) is 13.4. The fourth-order valence-electron chi connectivity index (χ4n) is 2.47. The number of nitrogens with zero attached hydrogens (tertiary/aromatic N) is 2. The van der Waals surface area contributed by atoms with Crippen LogP contribution in [0.4, 0.5) is 10.2 Å². The molecule has 0 saturated heterocycles. The molecule has 128 valence electrons. The van der Waals surface area contributed by atoms with E-state index < -0.39 is 0 Å². The molecule has 0 bridgehead atoms. The minimum atomic E-state index is -0.381. The van der Waals surface area contributed by atoms with E-state index in [1.54, 1.807) is 36.5 Å². The van der Waals surface area contributed by atoms with Crippen LogP contribution in [0.15, 0.2) is 59.3 Å². The van der Waals surface area contributed by atoms with E-state index in [0.29, 0.717) is 11.5 Å². The lowest BCUT2D eigenvalue weighted by atomic mass is 10.1. The molecular weight excluding hydrogens is 335 g/mol. The van der Waals surface area contributed by atoms with Crippen molar-refractivity contribution < 1.29 is 13.6 Å². The summed E-state index contributed by atoms with van der Waals surface area (Å²) in [6.45, 7) is 0. The summed E-state index contributed by atoms with van der Waals surface area (Å²) in [4.78, 5) is 16.2. The molecule has 4 aromatic rings. The zero-order chi connectivity index (χ0) is 17.9. The van der Waals surface area contributed by atoms with Crippen molar-refractivity contribution in [3.8, 4) is 0 Å². The molecule has 0 unspecified atom stereocenters. The number of benzene rings is 1. The molecule has 3 aromatic heterocycles. The van der Waals surface area contributed by atoms with Crippen LogP contribution in [0.5, 0.6) is 0 Å². The predicted molar refractivity (Wildman–Crippen MR) is 95.9 cm³/mol. The van der Waals surface area contributed by atoms with E-state index >= 15 is 0 Å². The first-order chi connectivity index (χ1) is 12.7. The molecule has 26 heavy (non-hydrogen) atoms. The lowest BCUT2D eigenvalue weighted by Crippen LogP contribution is -2.11. The topological polar surface area (TPSA) is 83.8 Å². The molecule has 0 fully saturated rings. The Bertz CT molecular complexity index is 1080. The van der Waals surface area contributed by atoms with Crippen LogP contribution in [0.3, 0.4) is 0 Å². The van der Waals surface area contributed by atoms with Gasteiger partial charge in [0.05, 0.1) is 23.7 Å². The standard InChI is InChI=1S/C19H13FN4O2/c20-13-6-3-12(4-7-13)5-8-15-14-10-18(21-11-16(14)24-23-15)22-19(25)17-2-1-9-26-17/h1-11H,(H,23,24)(H,21,22,25)/b8-5+. The number of H-pyrrole nitrogens is 1. The predicted octanol–water partition coefficient (Wildman–Crippen LogP) is 4.11. The van der Waals surface area contributed by atoms with Crippen LogP contribution >= 0.6 is 0 Å². The van der Waals surface area contributed by atoms with Crippen molar-refractivity contribution in [3.63, 3.8) is 0 Å². The largest absolute Gasteiger partial charge is 0.459 e. The van der Waals surface area contributed by atoms with Crippen LogP contribution in [0.2, 0.25) is 0 Å². The van der Waals surface area contributed by atoms with E-state index in [0.717, 1.165) is 16.5 Å². The van der Waals surface area contributed by atoms with Gasteiger partial charge < -0.3 is 9.73 Å². The van der Waals surface area contributed by atoms with E-state index in [9.17, 15) is 9.18 Å². The molecule has 0 aliphatic carbocycles. The fraction of sp³-hybridized carbons (Fsp3) is 0. The highest BCUT2D eigenvalue weighted by molar-refractivity contribution is 6.02. The van der Waals surface area contributed by atoms with Gasteiger partial charge in [-0.1, -0.05) is 18.2 Å². The number of nitrogens with one attached hydrogen (secondary N) is 2. The zero-order valence-corrected chi connectivity index (χ0v) is 13.4.